The number of rotatable bonds is 8. The zero-order valence-corrected chi connectivity index (χ0v) is 21.6. The van der Waals surface area contributed by atoms with E-state index < -0.39 is 11.6 Å². The molecule has 1 heterocycles. The molecule has 1 atom stereocenters. The largest absolute Gasteiger partial charge is 0.491 e. The molecule has 1 saturated heterocycles. The van der Waals surface area contributed by atoms with E-state index in [1.54, 1.807) is 0 Å². The Morgan fingerprint density at radius 1 is 1.00 bits per heavy atom. The number of methoxy groups -OCH3 is 1. The monoisotopic (exact) mass is 522 g/mol. The van der Waals surface area contributed by atoms with E-state index in [0.29, 0.717) is 24.1 Å². The summed E-state index contributed by atoms with van der Waals surface area (Å²) in [6.45, 7) is 2.15. The van der Waals surface area contributed by atoms with Gasteiger partial charge >= 0.3 is 0 Å². The maximum atomic E-state index is 15.5. The smallest absolute Gasteiger partial charge is 0.190 e. The highest BCUT2D eigenvalue weighted by molar-refractivity contribution is 6.00. The average molecular weight is 523 g/mol. The molecule has 0 amide bonds. The first kappa shape index (κ1) is 26.2. The van der Waals surface area contributed by atoms with E-state index in [0.717, 1.165) is 72.5 Å². The topological polar surface area (TPSA) is 47.7 Å². The van der Waals surface area contributed by atoms with E-state index in [1.165, 1.54) is 19.2 Å². The van der Waals surface area contributed by atoms with Crippen LogP contribution in [0.15, 0.2) is 54.6 Å². The number of hydrogen-bond acceptors (Lipinski definition) is 4. The number of allylic oxidation sites excluding steroid dienone is 1. The molecule has 0 saturated carbocycles. The summed E-state index contributed by atoms with van der Waals surface area (Å²) in [5.74, 6) is -1.04. The molecule has 1 aliphatic heterocycles. The van der Waals surface area contributed by atoms with Crippen molar-refractivity contribution in [2.75, 3.05) is 39.2 Å². The highest BCUT2D eigenvalue weighted by Crippen LogP contribution is 2.42. The number of fused-ring (bicyclic) bond motifs is 1. The Bertz CT molecular complexity index is 1320. The molecule has 1 aliphatic carbocycles. The van der Waals surface area contributed by atoms with Crippen LogP contribution in [0, 0.1) is 11.6 Å². The Balaban J connectivity index is 1.52. The molecule has 2 N–H and O–H groups in total. The minimum absolute atomic E-state index is 0.0672. The molecule has 0 unspecified atom stereocenters. The van der Waals surface area contributed by atoms with E-state index in [-0.39, 0.29) is 18.5 Å². The SMILES string of the molecule is COc1c(F)ccc(C2=C(c3ccc(O[C@H]4CCN(CCCF)C4)cc3)c3ccc(N)cc3CCC2)c1F. The second kappa shape index (κ2) is 11.5. The number of nitrogens with two attached hydrogens (primary N) is 1. The van der Waals surface area contributed by atoms with Gasteiger partial charge in [0.15, 0.2) is 17.4 Å². The van der Waals surface area contributed by atoms with Crippen LogP contribution in [0.5, 0.6) is 11.5 Å². The first-order valence-corrected chi connectivity index (χ1v) is 13.2. The van der Waals surface area contributed by atoms with Crippen molar-refractivity contribution in [2.24, 2.45) is 0 Å². The fourth-order valence-corrected chi connectivity index (χ4v) is 5.63. The van der Waals surface area contributed by atoms with Crippen LogP contribution in [0.25, 0.3) is 11.1 Å². The fraction of sp³-hybridized carbons (Fsp3) is 0.355. The summed E-state index contributed by atoms with van der Waals surface area (Å²) in [7, 11) is 1.27. The highest BCUT2D eigenvalue weighted by Gasteiger charge is 2.26. The maximum absolute atomic E-state index is 15.5. The van der Waals surface area contributed by atoms with Crippen molar-refractivity contribution in [2.45, 2.75) is 38.2 Å². The minimum atomic E-state index is -0.727. The van der Waals surface area contributed by atoms with Gasteiger partial charge in [0.2, 0.25) is 0 Å². The van der Waals surface area contributed by atoms with Crippen molar-refractivity contribution in [1.29, 1.82) is 0 Å². The normalized spacial score (nSPS) is 17.8. The first-order chi connectivity index (χ1) is 18.5. The quantitative estimate of drug-likeness (QED) is 0.336. The Kier molecular flexibility index (Phi) is 7.93. The fourth-order valence-electron chi connectivity index (χ4n) is 5.63. The predicted octanol–water partition coefficient (Wildman–Crippen LogP) is 6.66. The third kappa shape index (κ3) is 5.39. The Hall–Kier alpha value is -3.45. The molecule has 38 heavy (non-hydrogen) atoms. The minimum Gasteiger partial charge on any atom is -0.491 e. The number of ether oxygens (including phenoxy) is 2. The Morgan fingerprint density at radius 2 is 1.79 bits per heavy atom. The molecule has 0 radical (unpaired) electrons. The van der Waals surface area contributed by atoms with E-state index >= 15 is 4.39 Å². The molecule has 4 nitrogen and oxygen atoms in total. The number of halogens is 3. The zero-order valence-electron chi connectivity index (χ0n) is 21.6. The van der Waals surface area contributed by atoms with Crippen LogP contribution >= 0.6 is 0 Å². The average Bonchev–Trinajstić information content (AvgIpc) is 3.27. The van der Waals surface area contributed by atoms with Gasteiger partial charge in [-0.1, -0.05) is 18.2 Å². The van der Waals surface area contributed by atoms with E-state index in [2.05, 4.69) is 4.90 Å². The predicted molar refractivity (Wildman–Crippen MR) is 145 cm³/mol. The summed E-state index contributed by atoms with van der Waals surface area (Å²) in [6.07, 6.45) is 3.74. The molecular weight excluding hydrogens is 489 g/mol. The number of nitrogens with zero attached hydrogens (tertiary/aromatic N) is 1. The highest BCUT2D eigenvalue weighted by atomic mass is 19.1. The van der Waals surface area contributed by atoms with Crippen LogP contribution in [0.4, 0.5) is 18.9 Å². The van der Waals surface area contributed by atoms with Gasteiger partial charge in [-0.25, -0.2) is 8.78 Å². The van der Waals surface area contributed by atoms with Gasteiger partial charge in [-0.15, -0.1) is 0 Å². The standard InChI is InChI=1S/C31H33F3N2O2/c1-37-31-28(33)13-12-27(30(31)34)26-5-2-4-21-18-22(35)8-11-25(21)29(26)20-6-9-23(10-7-20)38-24-14-17-36(19-24)16-3-15-32/h6-13,18,24H,2-5,14-17,19,35H2,1H3/t24-/m0/s1. The van der Waals surface area contributed by atoms with Gasteiger partial charge in [-0.3, -0.25) is 9.29 Å². The van der Waals surface area contributed by atoms with Crippen LogP contribution in [0.1, 0.15) is 47.9 Å². The number of alkyl halides is 1. The van der Waals surface area contributed by atoms with Crippen LogP contribution in [-0.2, 0) is 6.42 Å². The second-order valence-electron chi connectivity index (χ2n) is 9.96. The third-order valence-electron chi connectivity index (χ3n) is 7.43. The lowest BCUT2D eigenvalue weighted by Gasteiger charge is -2.19. The van der Waals surface area contributed by atoms with Gasteiger partial charge in [-0.2, -0.15) is 0 Å². The van der Waals surface area contributed by atoms with Gasteiger partial charge in [0, 0.05) is 30.9 Å². The summed E-state index contributed by atoms with van der Waals surface area (Å²) < 4.78 is 53.6. The van der Waals surface area contributed by atoms with Crippen LogP contribution in [0.3, 0.4) is 0 Å². The molecule has 0 aromatic heterocycles. The molecule has 3 aromatic rings. The zero-order chi connectivity index (χ0) is 26.6. The molecular formula is C31H33F3N2O2. The number of hydrogen-bond donors (Lipinski definition) is 1. The van der Waals surface area contributed by atoms with Crippen molar-refractivity contribution in [3.8, 4) is 11.5 Å². The van der Waals surface area contributed by atoms with E-state index in [4.69, 9.17) is 15.2 Å². The summed E-state index contributed by atoms with van der Waals surface area (Å²) in [4.78, 5) is 2.23. The summed E-state index contributed by atoms with van der Waals surface area (Å²) in [6, 6.07) is 16.4. The first-order valence-electron chi connectivity index (χ1n) is 13.2. The number of likely N-dealkylation sites (tertiary alicyclic amines) is 1. The van der Waals surface area contributed by atoms with Crippen LogP contribution in [-0.4, -0.2) is 44.4 Å². The lowest BCUT2D eigenvalue weighted by Crippen LogP contribution is -2.26. The Morgan fingerprint density at radius 3 is 2.55 bits per heavy atom. The van der Waals surface area contributed by atoms with Gasteiger partial charge in [0.1, 0.15) is 11.9 Å². The van der Waals surface area contributed by atoms with Crippen LogP contribution < -0.4 is 15.2 Å². The summed E-state index contributed by atoms with van der Waals surface area (Å²) in [5, 5.41) is 0. The third-order valence-corrected chi connectivity index (χ3v) is 7.43. The number of anilines is 1. The molecule has 0 bridgehead atoms. The molecule has 0 spiro atoms. The van der Waals surface area contributed by atoms with Crippen molar-refractivity contribution in [1.82, 2.24) is 4.90 Å². The van der Waals surface area contributed by atoms with Crippen LogP contribution in [0.2, 0.25) is 0 Å². The van der Waals surface area contributed by atoms with E-state index in [9.17, 15) is 8.78 Å². The van der Waals surface area contributed by atoms with E-state index in [1.807, 2.05) is 42.5 Å². The van der Waals surface area contributed by atoms with Gasteiger partial charge in [-0.05, 0) is 96.3 Å². The molecule has 200 valence electrons. The summed E-state index contributed by atoms with van der Waals surface area (Å²) >= 11 is 0. The van der Waals surface area contributed by atoms with Crippen molar-refractivity contribution < 1.29 is 22.6 Å². The molecule has 3 aromatic carbocycles. The lowest BCUT2D eigenvalue weighted by molar-refractivity contribution is 0.198. The maximum Gasteiger partial charge on any atom is 0.190 e. The van der Waals surface area contributed by atoms with Gasteiger partial charge in [0.25, 0.3) is 0 Å². The van der Waals surface area contributed by atoms with Crippen molar-refractivity contribution in [3.05, 3.63) is 88.5 Å². The van der Waals surface area contributed by atoms with Gasteiger partial charge < -0.3 is 15.2 Å². The lowest BCUT2D eigenvalue weighted by atomic mass is 9.87. The van der Waals surface area contributed by atoms with Gasteiger partial charge in [0.05, 0.1) is 13.8 Å². The van der Waals surface area contributed by atoms with Crippen molar-refractivity contribution >= 4 is 16.8 Å². The molecule has 2 aliphatic rings. The number of nitrogen functional groups attached to an aromatic ring is 1. The second-order valence-corrected chi connectivity index (χ2v) is 9.96. The molecule has 5 rings (SSSR count). The number of benzene rings is 3. The summed E-state index contributed by atoms with van der Waals surface area (Å²) in [5.41, 5.74) is 11.8. The molecule has 1 fully saturated rings. The Labute approximate surface area is 221 Å². The number of aryl methyl sites for hydroxylation is 1. The molecule has 7 heteroatoms. The van der Waals surface area contributed by atoms with Crippen molar-refractivity contribution in [3.63, 3.8) is 0 Å².